The van der Waals surface area contributed by atoms with E-state index in [-0.39, 0.29) is 17.5 Å². The van der Waals surface area contributed by atoms with Gasteiger partial charge in [0.05, 0.1) is 11.9 Å². The monoisotopic (exact) mass is 390 g/mol. The van der Waals surface area contributed by atoms with Crippen LogP contribution in [-0.4, -0.2) is 47.0 Å². The standard InChI is InChI=1S/C20H22N8O/c1-3-17(29)27-20(2)8-12(9-20)24-19-22-11-14-13(10-21-18(14)26-19)15-5-7-28-16(25-15)4-6-23-28/h4-7,10-12H,3,8-9H2,1-2H3,(H,27,29)(H2,21,22,24,26)/t12-,20-. The van der Waals surface area contributed by atoms with Crippen molar-refractivity contribution in [3.05, 3.63) is 36.9 Å². The minimum atomic E-state index is -0.146. The third kappa shape index (κ3) is 3.18. The van der Waals surface area contributed by atoms with Crippen molar-refractivity contribution in [3.8, 4) is 11.3 Å². The fraction of sp³-hybridized carbons (Fsp3) is 0.350. The number of hydrogen-bond donors (Lipinski definition) is 3. The van der Waals surface area contributed by atoms with E-state index in [4.69, 9.17) is 0 Å². The van der Waals surface area contributed by atoms with E-state index in [0.717, 1.165) is 40.8 Å². The largest absolute Gasteiger partial charge is 0.351 e. The summed E-state index contributed by atoms with van der Waals surface area (Å²) in [4.78, 5) is 28.6. The van der Waals surface area contributed by atoms with Crippen LogP contribution in [0.3, 0.4) is 0 Å². The van der Waals surface area contributed by atoms with Crippen molar-refractivity contribution >= 4 is 28.5 Å². The second kappa shape index (κ2) is 6.54. The summed E-state index contributed by atoms with van der Waals surface area (Å²) < 4.78 is 1.73. The number of aromatic amines is 1. The molecule has 1 aliphatic rings. The van der Waals surface area contributed by atoms with Crippen molar-refractivity contribution in [2.75, 3.05) is 5.32 Å². The molecule has 4 aromatic rings. The zero-order valence-corrected chi connectivity index (χ0v) is 16.3. The molecule has 0 atom stereocenters. The molecular formula is C20H22N8O. The van der Waals surface area contributed by atoms with Crippen molar-refractivity contribution in [1.29, 1.82) is 0 Å². The molecule has 1 saturated carbocycles. The molecule has 148 valence electrons. The normalized spacial score (nSPS) is 21.2. The van der Waals surface area contributed by atoms with E-state index in [1.165, 1.54) is 0 Å². The predicted octanol–water partition coefficient (Wildman–Crippen LogP) is 2.53. The minimum Gasteiger partial charge on any atom is -0.351 e. The number of amides is 1. The predicted molar refractivity (Wildman–Crippen MR) is 109 cm³/mol. The maximum Gasteiger partial charge on any atom is 0.224 e. The Kier molecular flexibility index (Phi) is 3.97. The summed E-state index contributed by atoms with van der Waals surface area (Å²) in [7, 11) is 0. The van der Waals surface area contributed by atoms with Crippen LogP contribution >= 0.6 is 0 Å². The molecule has 29 heavy (non-hydrogen) atoms. The third-order valence-electron chi connectivity index (χ3n) is 5.46. The maximum absolute atomic E-state index is 11.6. The number of carbonyl (C=O) groups excluding carboxylic acids is 1. The number of rotatable bonds is 5. The summed E-state index contributed by atoms with van der Waals surface area (Å²) in [6.45, 7) is 3.94. The van der Waals surface area contributed by atoms with Gasteiger partial charge in [0.2, 0.25) is 11.9 Å². The number of H-pyrrole nitrogens is 1. The average molecular weight is 390 g/mol. The first-order valence-corrected chi connectivity index (χ1v) is 9.75. The van der Waals surface area contributed by atoms with Crippen LogP contribution in [0.25, 0.3) is 27.9 Å². The molecule has 0 bridgehead atoms. The maximum atomic E-state index is 11.6. The van der Waals surface area contributed by atoms with Gasteiger partial charge in [0.1, 0.15) is 5.65 Å². The summed E-state index contributed by atoms with van der Waals surface area (Å²) in [5, 5.41) is 11.5. The van der Waals surface area contributed by atoms with Gasteiger partial charge in [-0.1, -0.05) is 6.92 Å². The zero-order valence-electron chi connectivity index (χ0n) is 16.3. The van der Waals surface area contributed by atoms with E-state index in [2.05, 4.69) is 42.6 Å². The lowest BCUT2D eigenvalue weighted by Crippen LogP contribution is -2.59. The Morgan fingerprint density at radius 3 is 3.03 bits per heavy atom. The van der Waals surface area contributed by atoms with Crippen molar-refractivity contribution in [2.45, 2.75) is 44.7 Å². The fourth-order valence-electron chi connectivity index (χ4n) is 3.99. The van der Waals surface area contributed by atoms with Crippen molar-refractivity contribution in [1.82, 2.24) is 34.9 Å². The highest BCUT2D eigenvalue weighted by atomic mass is 16.1. The highest BCUT2D eigenvalue weighted by molar-refractivity contribution is 5.92. The van der Waals surface area contributed by atoms with Gasteiger partial charge >= 0.3 is 0 Å². The molecule has 5 rings (SSSR count). The van der Waals surface area contributed by atoms with Gasteiger partial charge in [-0.25, -0.2) is 14.5 Å². The average Bonchev–Trinajstić information content (AvgIpc) is 3.32. The van der Waals surface area contributed by atoms with Gasteiger partial charge in [0, 0.05) is 53.6 Å². The van der Waals surface area contributed by atoms with Crippen LogP contribution in [0.2, 0.25) is 0 Å². The fourth-order valence-corrected chi connectivity index (χ4v) is 3.99. The first kappa shape index (κ1) is 17.6. The van der Waals surface area contributed by atoms with Crippen molar-refractivity contribution < 1.29 is 4.79 Å². The number of anilines is 1. The van der Waals surface area contributed by atoms with E-state index in [0.29, 0.717) is 12.4 Å². The quantitative estimate of drug-likeness (QED) is 0.483. The van der Waals surface area contributed by atoms with Gasteiger partial charge in [-0.15, -0.1) is 0 Å². The van der Waals surface area contributed by atoms with E-state index < -0.39 is 0 Å². The Labute approximate surface area is 167 Å². The molecule has 1 fully saturated rings. The molecule has 0 radical (unpaired) electrons. The van der Waals surface area contributed by atoms with Crippen LogP contribution < -0.4 is 10.6 Å². The molecule has 0 saturated heterocycles. The molecule has 4 heterocycles. The van der Waals surface area contributed by atoms with E-state index in [1.54, 1.807) is 10.7 Å². The number of nitrogens with zero attached hydrogens (tertiary/aromatic N) is 5. The van der Waals surface area contributed by atoms with Crippen LogP contribution in [0.1, 0.15) is 33.1 Å². The van der Waals surface area contributed by atoms with Crippen molar-refractivity contribution in [2.24, 2.45) is 0 Å². The van der Waals surface area contributed by atoms with E-state index in [9.17, 15) is 4.79 Å². The number of aromatic nitrogens is 6. The van der Waals surface area contributed by atoms with Crippen LogP contribution in [0.4, 0.5) is 5.95 Å². The topological polar surface area (TPSA) is 113 Å². The van der Waals surface area contributed by atoms with Gasteiger partial charge in [-0.3, -0.25) is 4.79 Å². The summed E-state index contributed by atoms with van der Waals surface area (Å²) in [5.41, 5.74) is 3.20. The number of hydrogen-bond acceptors (Lipinski definition) is 6. The Morgan fingerprint density at radius 2 is 2.21 bits per heavy atom. The highest BCUT2D eigenvalue weighted by Crippen LogP contribution is 2.34. The molecule has 1 aliphatic carbocycles. The molecule has 0 aromatic carbocycles. The number of carbonyl (C=O) groups is 1. The molecule has 4 aromatic heterocycles. The van der Waals surface area contributed by atoms with Crippen LogP contribution in [0, 0.1) is 0 Å². The van der Waals surface area contributed by atoms with Gasteiger partial charge in [-0.05, 0) is 25.8 Å². The lowest BCUT2D eigenvalue weighted by molar-refractivity contribution is -0.123. The van der Waals surface area contributed by atoms with Gasteiger partial charge in [-0.2, -0.15) is 10.1 Å². The molecule has 9 heteroatoms. The molecule has 0 unspecified atom stereocenters. The highest BCUT2D eigenvalue weighted by Gasteiger charge is 2.41. The molecule has 1 amide bonds. The first-order valence-electron chi connectivity index (χ1n) is 9.75. The minimum absolute atomic E-state index is 0.0882. The Bertz CT molecular complexity index is 1200. The second-order valence-electron chi connectivity index (χ2n) is 7.82. The number of fused-ring (bicyclic) bond motifs is 2. The van der Waals surface area contributed by atoms with Crippen LogP contribution in [-0.2, 0) is 4.79 Å². The Hall–Kier alpha value is -3.49. The molecule has 0 spiro atoms. The van der Waals surface area contributed by atoms with Crippen molar-refractivity contribution in [3.63, 3.8) is 0 Å². The van der Waals surface area contributed by atoms with Crippen LogP contribution in [0.15, 0.2) is 36.9 Å². The zero-order chi connectivity index (χ0) is 20.0. The van der Waals surface area contributed by atoms with Crippen LogP contribution in [0.5, 0.6) is 0 Å². The summed E-state index contributed by atoms with van der Waals surface area (Å²) in [6.07, 6.45) is 9.54. The molecule has 3 N–H and O–H groups in total. The van der Waals surface area contributed by atoms with E-state index in [1.807, 2.05) is 37.6 Å². The summed E-state index contributed by atoms with van der Waals surface area (Å²) >= 11 is 0. The smallest absolute Gasteiger partial charge is 0.224 e. The summed E-state index contributed by atoms with van der Waals surface area (Å²) in [5.74, 6) is 0.671. The third-order valence-corrected chi connectivity index (χ3v) is 5.46. The first-order chi connectivity index (χ1) is 14.0. The summed E-state index contributed by atoms with van der Waals surface area (Å²) in [6, 6.07) is 4.04. The Balaban J connectivity index is 1.33. The van der Waals surface area contributed by atoms with Gasteiger partial charge in [0.15, 0.2) is 5.65 Å². The lowest BCUT2D eigenvalue weighted by atomic mass is 9.74. The van der Waals surface area contributed by atoms with Gasteiger partial charge < -0.3 is 15.6 Å². The molecular weight excluding hydrogens is 368 g/mol. The Morgan fingerprint density at radius 1 is 1.34 bits per heavy atom. The van der Waals surface area contributed by atoms with Gasteiger partial charge in [0.25, 0.3) is 0 Å². The van der Waals surface area contributed by atoms with E-state index >= 15 is 0 Å². The second-order valence-corrected chi connectivity index (χ2v) is 7.82. The number of nitrogens with one attached hydrogen (secondary N) is 3. The SMILES string of the molecule is CCC(=O)N[C@]1(C)C[C@@H](Nc2ncc3c(-c4ccn5nccc5n4)c[nH]c3n2)C1. The lowest BCUT2D eigenvalue weighted by Gasteiger charge is -2.45. The molecule has 0 aliphatic heterocycles. The molecule has 9 nitrogen and oxygen atoms in total.